The number of rotatable bonds is 11. The van der Waals surface area contributed by atoms with Gasteiger partial charge in [-0.25, -0.2) is 4.79 Å². The Morgan fingerprint density at radius 3 is 2.00 bits per heavy atom. The van der Waals surface area contributed by atoms with Gasteiger partial charge in [-0.3, -0.25) is 14.4 Å². The van der Waals surface area contributed by atoms with Crippen LogP contribution in [0.4, 0.5) is 0 Å². The van der Waals surface area contributed by atoms with Gasteiger partial charge in [-0.2, -0.15) is 0 Å². The van der Waals surface area contributed by atoms with Crippen LogP contribution in [0.3, 0.4) is 0 Å². The molecule has 3 unspecified atom stereocenters. The van der Waals surface area contributed by atoms with Gasteiger partial charge in [-0.05, 0) is 32.7 Å². The lowest BCUT2D eigenvalue weighted by Crippen LogP contribution is -2.54. The molecule has 0 saturated carbocycles. The minimum Gasteiger partial charge on any atom is -0.481 e. The standard InChI is InChI=1S/C13H24N4O6/c1-7(15)11(20)16-8(4-2-3-5-14)12(21)17-9(13(22)23)6-10(18)19/h7-9H,2-6,14-15H2,1H3,(H,16,20)(H,17,21)(H,18,19)(H,22,23). The molecule has 0 heterocycles. The van der Waals surface area contributed by atoms with Gasteiger partial charge in [0.05, 0.1) is 12.5 Å². The fourth-order valence-corrected chi connectivity index (χ4v) is 1.71. The molecule has 0 saturated heterocycles. The summed E-state index contributed by atoms with van der Waals surface area (Å²) in [5, 5.41) is 22.1. The highest BCUT2D eigenvalue weighted by Crippen LogP contribution is 2.03. The number of carboxylic acids is 2. The molecule has 0 aliphatic rings. The minimum absolute atomic E-state index is 0.237. The largest absolute Gasteiger partial charge is 0.481 e. The van der Waals surface area contributed by atoms with Crippen LogP contribution in [-0.2, 0) is 19.2 Å². The molecule has 0 radical (unpaired) electrons. The van der Waals surface area contributed by atoms with Gasteiger partial charge in [0, 0.05) is 0 Å². The van der Waals surface area contributed by atoms with E-state index in [9.17, 15) is 19.2 Å². The van der Waals surface area contributed by atoms with E-state index in [1.54, 1.807) is 0 Å². The lowest BCUT2D eigenvalue weighted by molar-refractivity contribution is -0.147. The number of nitrogens with two attached hydrogens (primary N) is 2. The summed E-state index contributed by atoms with van der Waals surface area (Å²) < 4.78 is 0. The van der Waals surface area contributed by atoms with Gasteiger partial charge in [0.15, 0.2) is 0 Å². The molecule has 3 atom stereocenters. The number of hydrogen-bond donors (Lipinski definition) is 6. The van der Waals surface area contributed by atoms with Gasteiger partial charge in [0.1, 0.15) is 12.1 Å². The van der Waals surface area contributed by atoms with Crippen LogP contribution in [0.2, 0.25) is 0 Å². The molecule has 2 amide bonds. The Morgan fingerprint density at radius 1 is 1.00 bits per heavy atom. The summed E-state index contributed by atoms with van der Waals surface area (Å²) in [6.45, 7) is 1.85. The molecule has 0 bridgehead atoms. The van der Waals surface area contributed by atoms with Crippen molar-refractivity contribution >= 4 is 23.8 Å². The maximum atomic E-state index is 12.1. The first kappa shape index (κ1) is 20.8. The maximum absolute atomic E-state index is 12.1. The van der Waals surface area contributed by atoms with Gasteiger partial charge in [0.25, 0.3) is 0 Å². The first-order valence-corrected chi connectivity index (χ1v) is 7.20. The molecular weight excluding hydrogens is 308 g/mol. The molecule has 0 aromatic rings. The average molecular weight is 332 g/mol. The Bertz CT molecular complexity index is 440. The van der Waals surface area contributed by atoms with Crippen molar-refractivity contribution in [3.63, 3.8) is 0 Å². The molecule has 10 heteroatoms. The van der Waals surface area contributed by atoms with Gasteiger partial charge in [-0.15, -0.1) is 0 Å². The molecule has 0 aromatic heterocycles. The zero-order valence-corrected chi connectivity index (χ0v) is 12.9. The maximum Gasteiger partial charge on any atom is 0.326 e. The number of unbranched alkanes of at least 4 members (excludes halogenated alkanes) is 1. The Morgan fingerprint density at radius 2 is 1.57 bits per heavy atom. The number of carbonyl (C=O) groups is 4. The normalized spacial score (nSPS) is 14.4. The van der Waals surface area contributed by atoms with Crippen molar-refractivity contribution in [3.05, 3.63) is 0 Å². The van der Waals surface area contributed by atoms with Crippen LogP contribution in [0.5, 0.6) is 0 Å². The molecule has 10 nitrogen and oxygen atoms in total. The highest BCUT2D eigenvalue weighted by Gasteiger charge is 2.28. The van der Waals surface area contributed by atoms with Crippen LogP contribution in [-0.4, -0.2) is 58.6 Å². The first-order chi connectivity index (χ1) is 10.7. The zero-order valence-electron chi connectivity index (χ0n) is 12.9. The van der Waals surface area contributed by atoms with Crippen molar-refractivity contribution in [2.24, 2.45) is 11.5 Å². The van der Waals surface area contributed by atoms with Crippen molar-refractivity contribution in [1.29, 1.82) is 0 Å². The Labute approximate surface area is 133 Å². The van der Waals surface area contributed by atoms with E-state index in [1.165, 1.54) is 6.92 Å². The number of amides is 2. The van der Waals surface area contributed by atoms with E-state index in [1.807, 2.05) is 0 Å². The van der Waals surface area contributed by atoms with Gasteiger partial charge >= 0.3 is 11.9 Å². The van der Waals surface area contributed by atoms with Gasteiger partial charge < -0.3 is 32.3 Å². The Hall–Kier alpha value is -2.20. The van der Waals surface area contributed by atoms with Gasteiger partial charge in [0.2, 0.25) is 11.8 Å². The molecule has 0 fully saturated rings. The average Bonchev–Trinajstić information content (AvgIpc) is 2.44. The van der Waals surface area contributed by atoms with E-state index in [4.69, 9.17) is 21.7 Å². The third-order valence-electron chi connectivity index (χ3n) is 2.99. The third kappa shape index (κ3) is 8.73. The molecule has 23 heavy (non-hydrogen) atoms. The number of carboxylic acid groups (broad SMARTS) is 2. The molecular formula is C13H24N4O6. The summed E-state index contributed by atoms with van der Waals surface area (Å²) in [5.41, 5.74) is 10.8. The van der Waals surface area contributed by atoms with Gasteiger partial charge in [-0.1, -0.05) is 0 Å². The summed E-state index contributed by atoms with van der Waals surface area (Å²) in [7, 11) is 0. The van der Waals surface area contributed by atoms with Crippen LogP contribution in [0.25, 0.3) is 0 Å². The highest BCUT2D eigenvalue weighted by molar-refractivity contribution is 5.92. The number of hydrogen-bond acceptors (Lipinski definition) is 6. The van der Waals surface area contributed by atoms with Crippen LogP contribution in [0.1, 0.15) is 32.6 Å². The second-order valence-electron chi connectivity index (χ2n) is 5.13. The topological polar surface area (TPSA) is 185 Å². The molecule has 0 spiro atoms. The van der Waals surface area contributed by atoms with E-state index in [-0.39, 0.29) is 6.42 Å². The van der Waals surface area contributed by atoms with Crippen molar-refractivity contribution in [1.82, 2.24) is 10.6 Å². The summed E-state index contributed by atoms with van der Waals surface area (Å²) in [4.78, 5) is 45.4. The van der Waals surface area contributed by atoms with E-state index >= 15 is 0 Å². The summed E-state index contributed by atoms with van der Waals surface area (Å²) in [5.74, 6) is -4.18. The number of nitrogens with one attached hydrogen (secondary N) is 2. The lowest BCUT2D eigenvalue weighted by Gasteiger charge is -2.21. The molecule has 0 aromatic carbocycles. The molecule has 132 valence electrons. The smallest absolute Gasteiger partial charge is 0.326 e. The fourth-order valence-electron chi connectivity index (χ4n) is 1.71. The summed E-state index contributed by atoms with van der Waals surface area (Å²) >= 11 is 0. The SMILES string of the molecule is CC(N)C(=O)NC(CCCCN)C(=O)NC(CC(=O)O)C(=O)O. The predicted octanol–water partition coefficient (Wildman–Crippen LogP) is -2.01. The van der Waals surface area contributed by atoms with Crippen LogP contribution < -0.4 is 22.1 Å². The zero-order chi connectivity index (χ0) is 18.0. The molecule has 0 aliphatic carbocycles. The highest BCUT2D eigenvalue weighted by atomic mass is 16.4. The minimum atomic E-state index is -1.58. The lowest BCUT2D eigenvalue weighted by atomic mass is 10.1. The van der Waals surface area contributed by atoms with Crippen molar-refractivity contribution in [3.8, 4) is 0 Å². The Kier molecular flexibility index (Phi) is 9.51. The Balaban J connectivity index is 4.89. The van der Waals surface area contributed by atoms with Crippen molar-refractivity contribution < 1.29 is 29.4 Å². The predicted molar refractivity (Wildman–Crippen MR) is 80.3 cm³/mol. The quantitative estimate of drug-likeness (QED) is 0.234. The van der Waals surface area contributed by atoms with E-state index in [0.717, 1.165) is 0 Å². The van der Waals surface area contributed by atoms with Crippen molar-refractivity contribution in [2.75, 3.05) is 6.54 Å². The second-order valence-corrected chi connectivity index (χ2v) is 5.13. The molecule has 0 aliphatic heterocycles. The molecule has 0 rings (SSSR count). The van der Waals surface area contributed by atoms with E-state index in [2.05, 4.69) is 10.6 Å². The molecule has 8 N–H and O–H groups in total. The van der Waals surface area contributed by atoms with E-state index < -0.39 is 48.3 Å². The van der Waals surface area contributed by atoms with E-state index in [0.29, 0.717) is 19.4 Å². The summed E-state index contributed by atoms with van der Waals surface area (Å²) in [6, 6.07) is -3.42. The monoisotopic (exact) mass is 332 g/mol. The first-order valence-electron chi connectivity index (χ1n) is 7.20. The fraction of sp³-hybridized carbons (Fsp3) is 0.692. The second kappa shape index (κ2) is 10.5. The summed E-state index contributed by atoms with van der Waals surface area (Å²) in [6.07, 6.45) is 0.624. The van der Waals surface area contributed by atoms with Crippen LogP contribution in [0.15, 0.2) is 0 Å². The number of aliphatic carboxylic acids is 2. The van der Waals surface area contributed by atoms with Crippen molar-refractivity contribution in [2.45, 2.75) is 50.7 Å². The number of carbonyl (C=O) groups excluding carboxylic acids is 2. The van der Waals surface area contributed by atoms with Crippen LogP contribution >= 0.6 is 0 Å². The third-order valence-corrected chi connectivity index (χ3v) is 2.99. The van der Waals surface area contributed by atoms with Crippen LogP contribution in [0, 0.1) is 0 Å².